The van der Waals surface area contributed by atoms with Crippen LogP contribution in [0.25, 0.3) is 0 Å². The standard InChI is InChI=1S/C19H30N4.HI/c1-15(2)14-22-9-11-23(12-10-22)19(20-3)21-18-13-17(18)16-7-5-4-6-8-16;/h4-8,15,17-18H,9-14H2,1-3H3,(H,20,21);1H. The van der Waals surface area contributed by atoms with Crippen LogP contribution in [0.2, 0.25) is 0 Å². The summed E-state index contributed by atoms with van der Waals surface area (Å²) in [5.74, 6) is 2.48. The number of piperazine rings is 1. The first kappa shape index (κ1) is 19.5. The summed E-state index contributed by atoms with van der Waals surface area (Å²) in [4.78, 5) is 9.50. The van der Waals surface area contributed by atoms with Gasteiger partial charge < -0.3 is 10.2 Å². The normalized spacial score (nSPS) is 24.7. The first-order valence-electron chi connectivity index (χ1n) is 8.93. The molecule has 1 aromatic rings. The Balaban J connectivity index is 0.00000208. The average Bonchev–Trinajstić information content (AvgIpc) is 3.33. The van der Waals surface area contributed by atoms with Crippen molar-refractivity contribution in [2.24, 2.45) is 10.9 Å². The maximum Gasteiger partial charge on any atom is 0.193 e. The fourth-order valence-corrected chi connectivity index (χ4v) is 3.54. The minimum absolute atomic E-state index is 0. The zero-order valence-electron chi connectivity index (χ0n) is 15.1. The number of aliphatic imine (C=N–C) groups is 1. The molecule has 0 radical (unpaired) electrons. The van der Waals surface area contributed by atoms with Gasteiger partial charge in [0.2, 0.25) is 0 Å². The van der Waals surface area contributed by atoms with Gasteiger partial charge in [-0.15, -0.1) is 24.0 Å². The molecule has 1 aliphatic heterocycles. The second-order valence-corrected chi connectivity index (χ2v) is 7.23. The molecule has 0 bridgehead atoms. The Morgan fingerprint density at radius 3 is 2.42 bits per heavy atom. The van der Waals surface area contributed by atoms with Gasteiger partial charge in [-0.2, -0.15) is 0 Å². The molecule has 1 heterocycles. The molecule has 3 rings (SSSR count). The molecule has 2 unspecified atom stereocenters. The van der Waals surface area contributed by atoms with Gasteiger partial charge in [-0.25, -0.2) is 0 Å². The smallest absolute Gasteiger partial charge is 0.193 e. The zero-order valence-corrected chi connectivity index (χ0v) is 17.4. The van der Waals surface area contributed by atoms with Crippen molar-refractivity contribution >= 4 is 29.9 Å². The van der Waals surface area contributed by atoms with Crippen molar-refractivity contribution < 1.29 is 0 Å². The monoisotopic (exact) mass is 442 g/mol. The summed E-state index contributed by atoms with van der Waals surface area (Å²) < 4.78 is 0. The maximum absolute atomic E-state index is 4.52. The van der Waals surface area contributed by atoms with E-state index in [2.05, 4.69) is 64.3 Å². The van der Waals surface area contributed by atoms with E-state index in [1.807, 2.05) is 7.05 Å². The molecular weight excluding hydrogens is 411 g/mol. The second-order valence-electron chi connectivity index (χ2n) is 7.23. The van der Waals surface area contributed by atoms with Gasteiger partial charge in [0.25, 0.3) is 0 Å². The van der Waals surface area contributed by atoms with Gasteiger partial charge in [-0.1, -0.05) is 44.2 Å². The molecule has 0 aromatic heterocycles. The molecule has 1 saturated heterocycles. The molecule has 0 amide bonds. The lowest BCUT2D eigenvalue weighted by Gasteiger charge is -2.37. The van der Waals surface area contributed by atoms with Gasteiger partial charge in [-0.05, 0) is 17.9 Å². The van der Waals surface area contributed by atoms with E-state index < -0.39 is 0 Å². The molecule has 2 aliphatic rings. The number of guanidine groups is 1. The quantitative estimate of drug-likeness (QED) is 0.442. The minimum Gasteiger partial charge on any atom is -0.353 e. The van der Waals surface area contributed by atoms with E-state index in [0.29, 0.717) is 12.0 Å². The lowest BCUT2D eigenvalue weighted by molar-refractivity contribution is 0.164. The van der Waals surface area contributed by atoms with E-state index in [-0.39, 0.29) is 24.0 Å². The lowest BCUT2D eigenvalue weighted by Crippen LogP contribution is -2.53. The van der Waals surface area contributed by atoms with Gasteiger partial charge >= 0.3 is 0 Å². The Morgan fingerprint density at radius 1 is 1.17 bits per heavy atom. The van der Waals surface area contributed by atoms with E-state index >= 15 is 0 Å². The first-order valence-corrected chi connectivity index (χ1v) is 8.93. The Bertz CT molecular complexity index is 523. The number of hydrogen-bond donors (Lipinski definition) is 1. The fourth-order valence-electron chi connectivity index (χ4n) is 3.54. The fraction of sp³-hybridized carbons (Fsp3) is 0.632. The molecule has 5 heteroatoms. The molecule has 2 atom stereocenters. The summed E-state index contributed by atoms with van der Waals surface area (Å²) in [7, 11) is 1.91. The van der Waals surface area contributed by atoms with Crippen LogP contribution in [0.1, 0.15) is 31.7 Å². The van der Waals surface area contributed by atoms with Crippen LogP contribution in [0.4, 0.5) is 0 Å². The number of rotatable bonds is 4. The minimum atomic E-state index is 0. The van der Waals surface area contributed by atoms with Gasteiger partial charge in [-0.3, -0.25) is 9.89 Å². The molecule has 1 saturated carbocycles. The number of benzene rings is 1. The molecule has 1 N–H and O–H groups in total. The topological polar surface area (TPSA) is 30.9 Å². The number of nitrogens with zero attached hydrogens (tertiary/aromatic N) is 3. The van der Waals surface area contributed by atoms with Crippen LogP contribution in [-0.4, -0.2) is 61.6 Å². The van der Waals surface area contributed by atoms with E-state index in [4.69, 9.17) is 0 Å². The summed E-state index contributed by atoms with van der Waals surface area (Å²) in [5.41, 5.74) is 1.45. The molecule has 2 fully saturated rings. The van der Waals surface area contributed by atoms with Crippen LogP contribution < -0.4 is 5.32 Å². The summed E-state index contributed by atoms with van der Waals surface area (Å²) in [5, 5.41) is 3.67. The van der Waals surface area contributed by atoms with E-state index in [1.54, 1.807) is 0 Å². The zero-order chi connectivity index (χ0) is 16.2. The number of hydrogen-bond acceptors (Lipinski definition) is 2. The summed E-state index contributed by atoms with van der Waals surface area (Å²) >= 11 is 0. The van der Waals surface area contributed by atoms with Gasteiger partial charge in [0.05, 0.1) is 0 Å². The van der Waals surface area contributed by atoms with Crippen molar-refractivity contribution in [2.75, 3.05) is 39.8 Å². The van der Waals surface area contributed by atoms with Crippen LogP contribution >= 0.6 is 24.0 Å². The summed E-state index contributed by atoms with van der Waals surface area (Å²) in [6.07, 6.45) is 1.22. The highest BCUT2D eigenvalue weighted by Crippen LogP contribution is 2.40. The van der Waals surface area contributed by atoms with E-state index in [0.717, 1.165) is 38.1 Å². The molecule has 1 aliphatic carbocycles. The van der Waals surface area contributed by atoms with Crippen LogP contribution in [0, 0.1) is 5.92 Å². The molecule has 1 aromatic carbocycles. The Hall–Kier alpha value is -0.820. The summed E-state index contributed by atoms with van der Waals surface area (Å²) in [6, 6.07) is 11.4. The van der Waals surface area contributed by atoms with Crippen molar-refractivity contribution in [2.45, 2.75) is 32.2 Å². The lowest BCUT2D eigenvalue weighted by atomic mass is 10.1. The van der Waals surface area contributed by atoms with Crippen LogP contribution in [0.15, 0.2) is 35.3 Å². The molecule has 4 nitrogen and oxygen atoms in total. The third-order valence-corrected chi connectivity index (χ3v) is 4.84. The van der Waals surface area contributed by atoms with Crippen LogP contribution in [0.5, 0.6) is 0 Å². The Morgan fingerprint density at radius 2 is 1.83 bits per heavy atom. The molecule has 0 spiro atoms. The van der Waals surface area contributed by atoms with Crippen molar-refractivity contribution in [1.82, 2.24) is 15.1 Å². The second kappa shape index (κ2) is 9.04. The average molecular weight is 442 g/mol. The Kier molecular flexibility index (Phi) is 7.34. The maximum atomic E-state index is 4.52. The van der Waals surface area contributed by atoms with Gasteiger partial charge in [0, 0.05) is 51.7 Å². The molecular formula is C19H31IN4. The Labute approximate surface area is 163 Å². The predicted octanol–water partition coefficient (Wildman–Crippen LogP) is 3.01. The third kappa shape index (κ3) is 5.09. The van der Waals surface area contributed by atoms with Crippen molar-refractivity contribution in [3.63, 3.8) is 0 Å². The third-order valence-electron chi connectivity index (χ3n) is 4.84. The van der Waals surface area contributed by atoms with Crippen molar-refractivity contribution in [1.29, 1.82) is 0 Å². The van der Waals surface area contributed by atoms with Crippen molar-refractivity contribution in [3.8, 4) is 0 Å². The SMILES string of the molecule is CN=C(NC1CC1c1ccccc1)N1CCN(CC(C)C)CC1.I. The number of halogens is 1. The van der Waals surface area contributed by atoms with Gasteiger partial charge in [0.1, 0.15) is 0 Å². The highest BCUT2D eigenvalue weighted by atomic mass is 127. The van der Waals surface area contributed by atoms with Crippen LogP contribution in [-0.2, 0) is 0 Å². The predicted molar refractivity (Wildman–Crippen MR) is 112 cm³/mol. The highest BCUT2D eigenvalue weighted by molar-refractivity contribution is 14.0. The molecule has 134 valence electrons. The number of nitrogens with one attached hydrogen (secondary N) is 1. The highest BCUT2D eigenvalue weighted by Gasteiger charge is 2.39. The largest absolute Gasteiger partial charge is 0.353 e. The van der Waals surface area contributed by atoms with E-state index in [9.17, 15) is 0 Å². The van der Waals surface area contributed by atoms with Crippen LogP contribution in [0.3, 0.4) is 0 Å². The summed E-state index contributed by atoms with van der Waals surface area (Å²) in [6.45, 7) is 10.2. The van der Waals surface area contributed by atoms with E-state index in [1.165, 1.54) is 18.5 Å². The van der Waals surface area contributed by atoms with Gasteiger partial charge in [0.15, 0.2) is 5.96 Å². The molecule has 24 heavy (non-hydrogen) atoms. The van der Waals surface area contributed by atoms with Crippen molar-refractivity contribution in [3.05, 3.63) is 35.9 Å². The first-order chi connectivity index (χ1) is 11.2.